The van der Waals surface area contributed by atoms with E-state index in [9.17, 15) is 4.39 Å². The van der Waals surface area contributed by atoms with E-state index in [0.29, 0.717) is 0 Å². The molecule has 1 aliphatic heterocycles. The smallest absolute Gasteiger partial charge is 0.137 e. The van der Waals surface area contributed by atoms with Crippen LogP contribution in [0.3, 0.4) is 0 Å². The molecule has 1 aliphatic rings. The maximum absolute atomic E-state index is 13.9. The number of nitrogens with one attached hydrogen (secondary N) is 1. The molecule has 1 N–H and O–H groups in total. The van der Waals surface area contributed by atoms with E-state index in [1.165, 1.54) is 11.6 Å². The van der Waals surface area contributed by atoms with Gasteiger partial charge in [0.05, 0.1) is 11.7 Å². The van der Waals surface area contributed by atoms with Crippen molar-refractivity contribution in [3.63, 3.8) is 0 Å². The topological polar surface area (TPSA) is 12.0 Å². The van der Waals surface area contributed by atoms with Crippen LogP contribution in [0.1, 0.15) is 23.6 Å². The number of benzene rings is 2. The van der Waals surface area contributed by atoms with Crippen molar-refractivity contribution in [1.82, 2.24) is 0 Å². The lowest BCUT2D eigenvalue weighted by molar-refractivity contribution is 0.585. The average molecular weight is 431 g/mol. The molecule has 1 unspecified atom stereocenters. The predicted molar refractivity (Wildman–Crippen MR) is 94.7 cm³/mol. The molecule has 21 heavy (non-hydrogen) atoms. The summed E-state index contributed by atoms with van der Waals surface area (Å²) in [5, 5.41) is 3.55. The third kappa shape index (κ3) is 3.15. The normalized spacial score (nSPS) is 17.4. The first-order chi connectivity index (χ1) is 10.1. The number of hydrogen-bond acceptors (Lipinski definition) is 2. The van der Waals surface area contributed by atoms with Crippen molar-refractivity contribution >= 4 is 49.3 Å². The Labute approximate surface area is 145 Å². The summed E-state index contributed by atoms with van der Waals surface area (Å²) in [6.45, 7) is 2.06. The summed E-state index contributed by atoms with van der Waals surface area (Å²) in [4.78, 5) is 0.778. The highest BCUT2D eigenvalue weighted by molar-refractivity contribution is 9.11. The lowest BCUT2D eigenvalue weighted by Gasteiger charge is -2.28. The maximum Gasteiger partial charge on any atom is 0.137 e. The summed E-state index contributed by atoms with van der Waals surface area (Å²) >= 11 is 8.82. The second-order valence-corrected chi connectivity index (χ2v) is 7.91. The van der Waals surface area contributed by atoms with Gasteiger partial charge in [0.25, 0.3) is 0 Å². The van der Waals surface area contributed by atoms with Crippen LogP contribution in [-0.4, -0.2) is 5.75 Å². The molecule has 0 fully saturated rings. The zero-order chi connectivity index (χ0) is 15.0. The van der Waals surface area contributed by atoms with Crippen LogP contribution < -0.4 is 5.32 Å². The van der Waals surface area contributed by atoms with Gasteiger partial charge >= 0.3 is 0 Å². The molecule has 1 atom stereocenters. The second kappa shape index (κ2) is 6.31. The van der Waals surface area contributed by atoms with Crippen LogP contribution in [0.2, 0.25) is 0 Å². The van der Waals surface area contributed by atoms with Crippen LogP contribution in [0.15, 0.2) is 44.2 Å². The van der Waals surface area contributed by atoms with Crippen LogP contribution in [0.25, 0.3) is 0 Å². The van der Waals surface area contributed by atoms with Crippen molar-refractivity contribution in [2.75, 3.05) is 11.1 Å². The molecule has 0 bridgehead atoms. The summed E-state index contributed by atoms with van der Waals surface area (Å²) in [5.41, 5.74) is 3.25. The first-order valence-electron chi connectivity index (χ1n) is 6.69. The van der Waals surface area contributed by atoms with Gasteiger partial charge in [-0.15, -0.1) is 11.8 Å². The van der Waals surface area contributed by atoms with E-state index in [-0.39, 0.29) is 11.9 Å². The molecule has 0 saturated heterocycles. The Morgan fingerprint density at radius 2 is 1.95 bits per heavy atom. The van der Waals surface area contributed by atoms with E-state index in [2.05, 4.69) is 56.2 Å². The molecule has 0 aliphatic carbocycles. The molecule has 2 aromatic carbocycles. The molecule has 0 aromatic heterocycles. The lowest BCUT2D eigenvalue weighted by atomic mass is 10.0. The SMILES string of the molecule is Cc1cc(Br)c(NC2CCSc3c(F)cccc32)c(Br)c1. The number of aryl methyl sites for hydroxylation is 1. The monoisotopic (exact) mass is 429 g/mol. The minimum atomic E-state index is -0.119. The highest BCUT2D eigenvalue weighted by Crippen LogP contribution is 2.42. The summed E-state index contributed by atoms with van der Waals surface area (Å²) in [5.74, 6) is 0.804. The molecule has 1 nitrogen and oxygen atoms in total. The van der Waals surface area contributed by atoms with Crippen LogP contribution >= 0.6 is 43.6 Å². The first kappa shape index (κ1) is 15.4. The fourth-order valence-corrected chi connectivity index (χ4v) is 5.33. The summed E-state index contributed by atoms with van der Waals surface area (Å²) in [7, 11) is 0. The van der Waals surface area contributed by atoms with Gasteiger partial charge in [0.2, 0.25) is 0 Å². The summed E-state index contributed by atoms with van der Waals surface area (Å²) in [6, 6.07) is 9.62. The lowest BCUT2D eigenvalue weighted by Crippen LogP contribution is -2.17. The second-order valence-electron chi connectivity index (χ2n) is 5.10. The van der Waals surface area contributed by atoms with Crippen LogP contribution in [-0.2, 0) is 0 Å². The van der Waals surface area contributed by atoms with Gasteiger partial charge in [0.15, 0.2) is 0 Å². The minimum absolute atomic E-state index is 0.119. The number of fused-ring (bicyclic) bond motifs is 1. The highest BCUT2D eigenvalue weighted by atomic mass is 79.9. The van der Waals surface area contributed by atoms with Crippen LogP contribution in [0.5, 0.6) is 0 Å². The minimum Gasteiger partial charge on any atom is -0.376 e. The van der Waals surface area contributed by atoms with Crippen LogP contribution in [0, 0.1) is 12.7 Å². The van der Waals surface area contributed by atoms with Crippen molar-refractivity contribution in [3.8, 4) is 0 Å². The molecule has 5 heteroatoms. The Morgan fingerprint density at radius 3 is 2.67 bits per heavy atom. The molecule has 0 spiro atoms. The van der Waals surface area contributed by atoms with E-state index >= 15 is 0 Å². The van der Waals surface area contributed by atoms with Gasteiger partial charge in [0.1, 0.15) is 5.82 Å². The van der Waals surface area contributed by atoms with E-state index < -0.39 is 0 Å². The third-order valence-electron chi connectivity index (χ3n) is 3.53. The molecule has 110 valence electrons. The van der Waals surface area contributed by atoms with E-state index in [1.807, 2.05) is 6.07 Å². The number of hydrogen-bond donors (Lipinski definition) is 1. The Balaban J connectivity index is 1.96. The molecule has 1 heterocycles. The van der Waals surface area contributed by atoms with Gasteiger partial charge in [-0.1, -0.05) is 12.1 Å². The van der Waals surface area contributed by atoms with Gasteiger partial charge in [-0.3, -0.25) is 0 Å². The van der Waals surface area contributed by atoms with Gasteiger partial charge in [-0.25, -0.2) is 4.39 Å². The Bertz CT molecular complexity index is 667. The molecule has 0 amide bonds. The van der Waals surface area contributed by atoms with Crippen molar-refractivity contribution in [3.05, 3.63) is 56.2 Å². The van der Waals surface area contributed by atoms with Crippen molar-refractivity contribution in [2.24, 2.45) is 0 Å². The summed E-state index contributed by atoms with van der Waals surface area (Å²) in [6.07, 6.45) is 0.980. The van der Waals surface area contributed by atoms with Gasteiger partial charge in [0, 0.05) is 19.6 Å². The zero-order valence-electron chi connectivity index (χ0n) is 11.4. The average Bonchev–Trinajstić information content (AvgIpc) is 2.43. The van der Waals surface area contributed by atoms with Crippen molar-refractivity contribution in [2.45, 2.75) is 24.3 Å². The van der Waals surface area contributed by atoms with E-state index in [1.54, 1.807) is 17.8 Å². The molecule has 3 rings (SSSR count). The Morgan fingerprint density at radius 1 is 1.24 bits per heavy atom. The van der Waals surface area contributed by atoms with Crippen molar-refractivity contribution < 1.29 is 4.39 Å². The van der Waals surface area contributed by atoms with Crippen LogP contribution in [0.4, 0.5) is 10.1 Å². The number of halogens is 3. The van der Waals surface area contributed by atoms with Gasteiger partial charge in [-0.05, 0) is 74.5 Å². The number of thioether (sulfide) groups is 1. The molecule has 0 radical (unpaired) electrons. The molecular formula is C16H14Br2FNS. The van der Waals surface area contributed by atoms with E-state index in [0.717, 1.165) is 37.3 Å². The maximum atomic E-state index is 13.9. The Hall–Kier alpha value is -0.520. The largest absolute Gasteiger partial charge is 0.376 e. The first-order valence-corrected chi connectivity index (χ1v) is 9.27. The fourth-order valence-electron chi connectivity index (χ4n) is 2.55. The molecular weight excluding hydrogens is 417 g/mol. The molecule has 2 aromatic rings. The standard InChI is InChI=1S/C16H14Br2FNS/c1-9-7-11(17)15(12(18)8-9)20-14-5-6-21-16-10(14)3-2-4-13(16)19/h2-4,7-8,14,20H,5-6H2,1H3. The van der Waals surface area contributed by atoms with Gasteiger partial charge < -0.3 is 5.32 Å². The van der Waals surface area contributed by atoms with Crippen molar-refractivity contribution in [1.29, 1.82) is 0 Å². The fraction of sp³-hybridized carbons (Fsp3) is 0.250. The number of anilines is 1. The Kier molecular flexibility index (Phi) is 4.62. The zero-order valence-corrected chi connectivity index (χ0v) is 15.4. The molecule has 0 saturated carbocycles. The number of rotatable bonds is 2. The third-order valence-corrected chi connectivity index (χ3v) is 5.94. The van der Waals surface area contributed by atoms with E-state index in [4.69, 9.17) is 0 Å². The highest BCUT2D eigenvalue weighted by Gasteiger charge is 2.24. The predicted octanol–water partition coefficient (Wildman–Crippen LogP) is 6.31. The quantitative estimate of drug-likeness (QED) is 0.599. The van der Waals surface area contributed by atoms with Gasteiger partial charge in [-0.2, -0.15) is 0 Å². The summed E-state index contributed by atoms with van der Waals surface area (Å²) < 4.78 is 16.0.